The summed E-state index contributed by atoms with van der Waals surface area (Å²) in [6.07, 6.45) is 6.98. The van der Waals surface area contributed by atoms with Crippen LogP contribution in [0.4, 0.5) is 4.79 Å². The van der Waals surface area contributed by atoms with Gasteiger partial charge in [0.25, 0.3) is 0 Å². The molecule has 4 atom stereocenters. The molecule has 226 valence electrons. The molecule has 0 aromatic rings. The first-order chi connectivity index (χ1) is 19.6. The molecule has 0 spiro atoms. The van der Waals surface area contributed by atoms with Crippen LogP contribution >= 0.6 is 11.8 Å². The third kappa shape index (κ3) is 8.15. The molecule has 0 bridgehead atoms. The van der Waals surface area contributed by atoms with Gasteiger partial charge in [0.05, 0.1) is 26.3 Å². The number of carbonyl (C=O) groups is 5. The summed E-state index contributed by atoms with van der Waals surface area (Å²) < 4.78 is 10.2. The molecule has 3 aliphatic rings. The molecule has 1 unspecified atom stereocenters. The normalized spacial score (nSPS) is 23.2. The zero-order chi connectivity index (χ0) is 30.1. The highest BCUT2D eigenvalue weighted by molar-refractivity contribution is 8.00. The monoisotopic (exact) mass is 590 g/mol. The van der Waals surface area contributed by atoms with E-state index in [4.69, 9.17) is 9.47 Å². The molecule has 0 radical (unpaired) electrons. The fraction of sp³-hybridized carbons (Fsp3) is 0.621. The van der Waals surface area contributed by atoms with Crippen molar-refractivity contribution in [1.29, 1.82) is 0 Å². The standard InChI is InChI=1S/C29H42N4O7S/c1-6-7-8-12-21(31-22(34)13-10-9-11-20-23-19(15-41-20)30-29(38)33-23)32-28(37)16(2)14-18-17(3)24(35)26(39-4)27(40-5)25(18)36/h14,19-21,23H,6-13,15H2,1-5H3,(H,31,34)(H,32,37)(H2,30,33,38)/b16-14+/t19-,20-,21?,23-/m0/s1. The minimum Gasteiger partial charge on any atom is -0.489 e. The Morgan fingerprint density at radius 2 is 1.73 bits per heavy atom. The van der Waals surface area contributed by atoms with E-state index in [0.717, 1.165) is 37.9 Å². The number of hydrogen-bond donors (Lipinski definition) is 4. The van der Waals surface area contributed by atoms with E-state index in [1.807, 2.05) is 11.8 Å². The lowest BCUT2D eigenvalue weighted by atomic mass is 9.91. The highest BCUT2D eigenvalue weighted by Gasteiger charge is 2.42. The van der Waals surface area contributed by atoms with Crippen LogP contribution in [-0.2, 0) is 28.7 Å². The van der Waals surface area contributed by atoms with Gasteiger partial charge in [-0.15, -0.1) is 0 Å². The van der Waals surface area contributed by atoms with Gasteiger partial charge >= 0.3 is 6.03 Å². The highest BCUT2D eigenvalue weighted by Crippen LogP contribution is 2.33. The van der Waals surface area contributed by atoms with Crippen LogP contribution in [0.2, 0.25) is 0 Å². The average molecular weight is 591 g/mol. The number of unbranched alkanes of at least 4 members (excludes halogenated alkanes) is 3. The highest BCUT2D eigenvalue weighted by atomic mass is 32.2. The number of rotatable bonds is 15. The first kappa shape index (κ1) is 32.2. The minimum atomic E-state index is -0.566. The number of ketones is 2. The van der Waals surface area contributed by atoms with Gasteiger partial charge in [-0.25, -0.2) is 4.79 Å². The number of allylic oxidation sites excluding steroid dienone is 3. The van der Waals surface area contributed by atoms with Gasteiger partial charge in [-0.1, -0.05) is 26.2 Å². The smallest absolute Gasteiger partial charge is 0.315 e. The Labute approximate surface area is 245 Å². The van der Waals surface area contributed by atoms with Crippen LogP contribution in [0, 0.1) is 0 Å². The Kier molecular flexibility index (Phi) is 11.9. The minimum absolute atomic E-state index is 0.0616. The Bertz CT molecular complexity index is 1150. The van der Waals surface area contributed by atoms with Crippen molar-refractivity contribution in [2.75, 3.05) is 20.0 Å². The average Bonchev–Trinajstić information content (AvgIpc) is 3.49. The van der Waals surface area contributed by atoms with Crippen molar-refractivity contribution in [3.8, 4) is 0 Å². The number of hydrogen-bond acceptors (Lipinski definition) is 8. The second-order valence-corrected chi connectivity index (χ2v) is 11.8. The molecular weight excluding hydrogens is 548 g/mol. The topological polar surface area (TPSA) is 152 Å². The Morgan fingerprint density at radius 3 is 2.41 bits per heavy atom. The van der Waals surface area contributed by atoms with Crippen LogP contribution in [0.3, 0.4) is 0 Å². The van der Waals surface area contributed by atoms with Gasteiger partial charge < -0.3 is 30.7 Å². The molecular formula is C29H42N4O7S. The largest absolute Gasteiger partial charge is 0.489 e. The molecule has 4 N–H and O–H groups in total. The van der Waals surface area contributed by atoms with Gasteiger partial charge in [-0.2, -0.15) is 11.8 Å². The molecule has 0 aromatic carbocycles. The molecule has 4 amide bonds. The third-order valence-corrected chi connectivity index (χ3v) is 9.06. The predicted octanol–water partition coefficient (Wildman–Crippen LogP) is 2.77. The summed E-state index contributed by atoms with van der Waals surface area (Å²) in [6.45, 7) is 5.13. The lowest BCUT2D eigenvalue weighted by Gasteiger charge is -2.22. The summed E-state index contributed by atoms with van der Waals surface area (Å²) >= 11 is 1.85. The number of ether oxygens (including phenoxy) is 2. The van der Waals surface area contributed by atoms with Crippen molar-refractivity contribution in [2.24, 2.45) is 0 Å². The molecule has 41 heavy (non-hydrogen) atoms. The van der Waals surface area contributed by atoms with Crippen LogP contribution in [0.15, 0.2) is 34.3 Å². The summed E-state index contributed by atoms with van der Waals surface area (Å²) in [6, 6.07) is 0.231. The van der Waals surface area contributed by atoms with E-state index in [0.29, 0.717) is 24.5 Å². The van der Waals surface area contributed by atoms with E-state index < -0.39 is 23.6 Å². The first-order valence-electron chi connectivity index (χ1n) is 14.2. The summed E-state index contributed by atoms with van der Waals surface area (Å²) in [4.78, 5) is 63.0. The molecule has 2 saturated heterocycles. The maximum atomic E-state index is 13.1. The fourth-order valence-corrected chi connectivity index (χ4v) is 6.75. The zero-order valence-electron chi connectivity index (χ0n) is 24.5. The Morgan fingerprint density at radius 1 is 1.02 bits per heavy atom. The molecule has 3 rings (SSSR count). The fourth-order valence-electron chi connectivity index (χ4n) is 5.21. The quantitative estimate of drug-likeness (QED) is 0.0747. The van der Waals surface area contributed by atoms with E-state index in [1.54, 1.807) is 6.92 Å². The van der Waals surface area contributed by atoms with Crippen LogP contribution < -0.4 is 21.3 Å². The molecule has 0 aromatic heterocycles. The van der Waals surface area contributed by atoms with Crippen LogP contribution in [0.5, 0.6) is 0 Å². The van der Waals surface area contributed by atoms with E-state index in [1.165, 1.54) is 27.2 Å². The van der Waals surface area contributed by atoms with Crippen molar-refractivity contribution in [3.63, 3.8) is 0 Å². The Balaban J connectivity index is 1.55. The van der Waals surface area contributed by atoms with E-state index >= 15 is 0 Å². The summed E-state index contributed by atoms with van der Waals surface area (Å²) in [5.74, 6) is -1.09. The summed E-state index contributed by atoms with van der Waals surface area (Å²) in [5, 5.41) is 12.1. The number of Topliss-reactive ketones (excluding diaryl/α,β-unsaturated/α-hetero) is 2. The second kappa shape index (κ2) is 15.1. The lowest BCUT2D eigenvalue weighted by Crippen LogP contribution is -2.48. The van der Waals surface area contributed by atoms with Gasteiger partial charge in [-0.3, -0.25) is 19.2 Å². The maximum Gasteiger partial charge on any atom is 0.315 e. The predicted molar refractivity (Wildman–Crippen MR) is 156 cm³/mol. The van der Waals surface area contributed by atoms with Gasteiger partial charge in [-0.05, 0) is 45.6 Å². The van der Waals surface area contributed by atoms with E-state index in [9.17, 15) is 24.0 Å². The van der Waals surface area contributed by atoms with Crippen molar-refractivity contribution in [3.05, 3.63) is 34.3 Å². The molecule has 0 saturated carbocycles. The summed E-state index contributed by atoms with van der Waals surface area (Å²) in [7, 11) is 2.57. The van der Waals surface area contributed by atoms with Crippen molar-refractivity contribution < 1.29 is 33.4 Å². The first-order valence-corrected chi connectivity index (χ1v) is 15.3. The zero-order valence-corrected chi connectivity index (χ0v) is 25.3. The number of methoxy groups -OCH3 is 2. The van der Waals surface area contributed by atoms with Crippen molar-refractivity contribution in [2.45, 2.75) is 95.6 Å². The number of urea groups is 1. The molecule has 2 aliphatic heterocycles. The van der Waals surface area contributed by atoms with E-state index in [2.05, 4.69) is 28.2 Å². The van der Waals surface area contributed by atoms with Gasteiger partial charge in [0, 0.05) is 34.1 Å². The van der Waals surface area contributed by atoms with Crippen LogP contribution in [0.1, 0.15) is 72.1 Å². The second-order valence-electron chi connectivity index (χ2n) is 10.5. The van der Waals surface area contributed by atoms with Crippen molar-refractivity contribution >= 4 is 41.2 Å². The van der Waals surface area contributed by atoms with Gasteiger partial charge in [0.1, 0.15) is 6.17 Å². The number of carbonyl (C=O) groups excluding carboxylic acids is 5. The third-order valence-electron chi connectivity index (χ3n) is 7.55. The number of fused-ring (bicyclic) bond motifs is 1. The Hall–Kier alpha value is -3.28. The maximum absolute atomic E-state index is 13.1. The lowest BCUT2D eigenvalue weighted by molar-refractivity contribution is -0.123. The van der Waals surface area contributed by atoms with Gasteiger partial charge in [0.15, 0.2) is 0 Å². The molecule has 11 nitrogen and oxygen atoms in total. The van der Waals surface area contributed by atoms with Gasteiger partial charge in [0.2, 0.25) is 34.9 Å². The number of thioether (sulfide) groups is 1. The van der Waals surface area contributed by atoms with E-state index in [-0.39, 0.29) is 52.3 Å². The number of nitrogens with one attached hydrogen (secondary N) is 4. The summed E-state index contributed by atoms with van der Waals surface area (Å²) in [5.41, 5.74) is 0.435. The SMILES string of the molecule is CCCCCC(NC(=O)CCCC[C@@H]1SC[C@@H]2NC(=O)N[C@@H]21)NC(=O)/C(C)=C/C1=C(C)C(=O)C(OC)=C(OC)C1=O. The van der Waals surface area contributed by atoms with Crippen LogP contribution in [0.25, 0.3) is 0 Å². The number of amides is 4. The van der Waals surface area contributed by atoms with Crippen LogP contribution in [-0.4, -0.2) is 72.9 Å². The molecule has 2 heterocycles. The molecule has 2 fully saturated rings. The molecule has 12 heteroatoms. The van der Waals surface area contributed by atoms with Crippen molar-refractivity contribution in [1.82, 2.24) is 21.3 Å². The molecule has 1 aliphatic carbocycles.